The van der Waals surface area contributed by atoms with Gasteiger partial charge in [0.25, 0.3) is 5.13 Å². The lowest BCUT2D eigenvalue weighted by Crippen LogP contribution is -2.04. The van der Waals surface area contributed by atoms with E-state index in [4.69, 9.17) is 5.11 Å². The lowest BCUT2D eigenvalue weighted by Gasteiger charge is -2.03. The summed E-state index contributed by atoms with van der Waals surface area (Å²) in [7, 11) is 0. The Bertz CT molecular complexity index is 468. The highest BCUT2D eigenvalue weighted by molar-refractivity contribution is 7.13. The van der Waals surface area contributed by atoms with E-state index in [1.807, 2.05) is 24.3 Å². The van der Waals surface area contributed by atoms with Crippen LogP contribution >= 0.6 is 11.3 Å². The fraction of sp³-hybridized carbons (Fsp3) is 0.200. The SMILES string of the molecule is OCCNc1ccc(N=Nc2nncs2)cc1. The molecule has 0 bridgehead atoms. The number of aliphatic hydroxyl groups excluding tert-OH is 1. The number of anilines is 1. The summed E-state index contributed by atoms with van der Waals surface area (Å²) in [5, 5.41) is 27.6. The number of aromatic nitrogens is 2. The van der Waals surface area contributed by atoms with Crippen molar-refractivity contribution >= 4 is 27.8 Å². The summed E-state index contributed by atoms with van der Waals surface area (Å²) >= 11 is 1.33. The Morgan fingerprint density at radius 3 is 2.71 bits per heavy atom. The van der Waals surface area contributed by atoms with Crippen LogP contribution in [0, 0.1) is 0 Å². The van der Waals surface area contributed by atoms with Gasteiger partial charge >= 0.3 is 0 Å². The molecule has 2 rings (SSSR count). The first-order valence-electron chi connectivity index (χ1n) is 5.01. The summed E-state index contributed by atoms with van der Waals surface area (Å²) in [5.41, 5.74) is 3.29. The quantitative estimate of drug-likeness (QED) is 0.797. The third-order valence-electron chi connectivity index (χ3n) is 1.91. The molecule has 0 unspecified atom stereocenters. The molecular weight excluding hydrogens is 238 g/mol. The van der Waals surface area contributed by atoms with Crippen molar-refractivity contribution in [3.8, 4) is 0 Å². The Hall–Kier alpha value is -1.86. The highest BCUT2D eigenvalue weighted by Gasteiger charge is 1.94. The van der Waals surface area contributed by atoms with Gasteiger partial charge in [0.1, 0.15) is 5.51 Å². The molecule has 0 fully saturated rings. The summed E-state index contributed by atoms with van der Waals surface area (Å²) in [6.45, 7) is 0.643. The highest BCUT2D eigenvalue weighted by atomic mass is 32.1. The van der Waals surface area contributed by atoms with Gasteiger partial charge in [0.2, 0.25) is 0 Å². The van der Waals surface area contributed by atoms with E-state index in [1.165, 1.54) is 11.3 Å². The highest BCUT2D eigenvalue weighted by Crippen LogP contribution is 2.20. The normalized spacial score (nSPS) is 10.9. The number of nitrogens with zero attached hydrogens (tertiary/aromatic N) is 4. The predicted molar refractivity (Wildman–Crippen MR) is 66.1 cm³/mol. The summed E-state index contributed by atoms with van der Waals surface area (Å²) in [6.07, 6.45) is 0. The van der Waals surface area contributed by atoms with Crippen molar-refractivity contribution in [3.63, 3.8) is 0 Å². The molecule has 88 valence electrons. The summed E-state index contributed by atoms with van der Waals surface area (Å²) in [6, 6.07) is 7.43. The zero-order valence-corrected chi connectivity index (χ0v) is 9.76. The van der Waals surface area contributed by atoms with Gasteiger partial charge in [0.05, 0.1) is 12.3 Å². The first kappa shape index (κ1) is 11.6. The maximum absolute atomic E-state index is 8.66. The number of hydrogen-bond acceptors (Lipinski definition) is 7. The van der Waals surface area contributed by atoms with Gasteiger partial charge in [-0.1, -0.05) is 11.3 Å². The van der Waals surface area contributed by atoms with E-state index in [9.17, 15) is 0 Å². The van der Waals surface area contributed by atoms with Crippen molar-refractivity contribution in [3.05, 3.63) is 29.8 Å². The summed E-state index contributed by atoms with van der Waals surface area (Å²) < 4.78 is 0. The molecule has 0 spiro atoms. The van der Waals surface area contributed by atoms with Crippen molar-refractivity contribution in [1.29, 1.82) is 0 Å². The molecule has 2 N–H and O–H groups in total. The van der Waals surface area contributed by atoms with E-state index in [2.05, 4.69) is 25.7 Å². The van der Waals surface area contributed by atoms with Crippen molar-refractivity contribution in [2.45, 2.75) is 0 Å². The molecule has 0 aliphatic rings. The van der Waals surface area contributed by atoms with Crippen LogP contribution in [0.25, 0.3) is 0 Å². The Labute approximate surface area is 102 Å². The van der Waals surface area contributed by atoms with Crippen LogP contribution in [0.4, 0.5) is 16.5 Å². The number of nitrogens with one attached hydrogen (secondary N) is 1. The van der Waals surface area contributed by atoms with E-state index in [-0.39, 0.29) is 6.61 Å². The van der Waals surface area contributed by atoms with Crippen molar-refractivity contribution in [2.75, 3.05) is 18.5 Å². The molecule has 0 atom stereocenters. The van der Waals surface area contributed by atoms with E-state index >= 15 is 0 Å². The fourth-order valence-corrected chi connectivity index (χ4v) is 1.53. The average molecular weight is 249 g/mol. The average Bonchev–Trinajstić information content (AvgIpc) is 2.88. The van der Waals surface area contributed by atoms with Crippen LogP contribution in [0.15, 0.2) is 40.0 Å². The zero-order chi connectivity index (χ0) is 11.9. The zero-order valence-electron chi connectivity index (χ0n) is 8.95. The second kappa shape index (κ2) is 6.02. The minimum absolute atomic E-state index is 0.110. The summed E-state index contributed by atoms with van der Waals surface area (Å²) in [4.78, 5) is 0. The van der Waals surface area contributed by atoms with Crippen LogP contribution in [-0.2, 0) is 0 Å². The number of azo groups is 1. The molecule has 0 saturated carbocycles. The molecule has 1 heterocycles. The third kappa shape index (κ3) is 3.58. The molecule has 0 aliphatic heterocycles. The number of rotatable bonds is 5. The lowest BCUT2D eigenvalue weighted by molar-refractivity contribution is 0.311. The first-order chi connectivity index (χ1) is 8.38. The Morgan fingerprint density at radius 1 is 1.24 bits per heavy atom. The molecule has 1 aromatic heterocycles. The molecule has 0 saturated heterocycles. The number of aliphatic hydroxyl groups is 1. The standard InChI is InChI=1S/C10H11N5OS/c16-6-5-11-8-1-3-9(4-2-8)13-15-10-14-12-7-17-10/h1-4,7,11,16H,5-6H2. The molecule has 0 radical (unpaired) electrons. The molecule has 17 heavy (non-hydrogen) atoms. The lowest BCUT2D eigenvalue weighted by atomic mass is 10.3. The van der Waals surface area contributed by atoms with Crippen LogP contribution in [-0.4, -0.2) is 28.5 Å². The van der Waals surface area contributed by atoms with Crippen molar-refractivity contribution in [2.24, 2.45) is 10.2 Å². The van der Waals surface area contributed by atoms with Crippen molar-refractivity contribution in [1.82, 2.24) is 10.2 Å². The van der Waals surface area contributed by atoms with Crippen LogP contribution in [0.2, 0.25) is 0 Å². The molecule has 6 nitrogen and oxygen atoms in total. The van der Waals surface area contributed by atoms with E-state index in [0.29, 0.717) is 11.7 Å². The van der Waals surface area contributed by atoms with Gasteiger partial charge in [-0.05, 0) is 24.3 Å². The minimum atomic E-state index is 0.110. The van der Waals surface area contributed by atoms with Crippen LogP contribution < -0.4 is 5.32 Å². The smallest absolute Gasteiger partial charge is 0.251 e. The number of hydrogen-bond donors (Lipinski definition) is 2. The first-order valence-corrected chi connectivity index (χ1v) is 5.89. The van der Waals surface area contributed by atoms with Gasteiger partial charge in [-0.3, -0.25) is 0 Å². The summed E-state index contributed by atoms with van der Waals surface area (Å²) in [5.74, 6) is 0. The Balaban J connectivity index is 1.98. The molecule has 0 aliphatic carbocycles. The van der Waals surface area contributed by atoms with E-state index in [0.717, 1.165) is 11.4 Å². The van der Waals surface area contributed by atoms with E-state index < -0.39 is 0 Å². The third-order valence-corrected chi connectivity index (χ3v) is 2.48. The van der Waals surface area contributed by atoms with Crippen LogP contribution in [0.5, 0.6) is 0 Å². The van der Waals surface area contributed by atoms with Gasteiger partial charge in [-0.2, -0.15) is 0 Å². The van der Waals surface area contributed by atoms with Gasteiger partial charge in [0.15, 0.2) is 0 Å². The molecule has 0 amide bonds. The largest absolute Gasteiger partial charge is 0.395 e. The fourth-order valence-electron chi connectivity index (χ4n) is 1.16. The van der Waals surface area contributed by atoms with Crippen LogP contribution in [0.1, 0.15) is 0 Å². The second-order valence-electron chi connectivity index (χ2n) is 3.12. The minimum Gasteiger partial charge on any atom is -0.395 e. The van der Waals surface area contributed by atoms with Crippen molar-refractivity contribution < 1.29 is 5.11 Å². The predicted octanol–water partition coefficient (Wildman–Crippen LogP) is 2.36. The number of benzene rings is 1. The Kier molecular flexibility index (Phi) is 4.11. The molecule has 7 heteroatoms. The maximum atomic E-state index is 8.66. The maximum Gasteiger partial charge on any atom is 0.251 e. The molecule has 1 aromatic carbocycles. The monoisotopic (exact) mass is 249 g/mol. The second-order valence-corrected chi connectivity index (χ2v) is 3.93. The Morgan fingerprint density at radius 2 is 2.06 bits per heavy atom. The van der Waals surface area contributed by atoms with Gasteiger partial charge in [-0.25, -0.2) is 0 Å². The van der Waals surface area contributed by atoms with Gasteiger partial charge < -0.3 is 10.4 Å². The molecular formula is C10H11N5OS. The van der Waals surface area contributed by atoms with Gasteiger partial charge in [0, 0.05) is 12.2 Å². The topological polar surface area (TPSA) is 82.8 Å². The van der Waals surface area contributed by atoms with Gasteiger partial charge in [-0.15, -0.1) is 20.4 Å². The van der Waals surface area contributed by atoms with Crippen LogP contribution in [0.3, 0.4) is 0 Å². The molecule has 2 aromatic rings. The van der Waals surface area contributed by atoms with E-state index in [1.54, 1.807) is 5.51 Å².